The second kappa shape index (κ2) is 9.85. The van der Waals surface area contributed by atoms with E-state index in [-0.39, 0.29) is 12.1 Å². The zero-order valence-electron chi connectivity index (χ0n) is 17.2. The first-order valence-corrected chi connectivity index (χ1v) is 10.6. The average molecular weight is 438 g/mol. The number of ether oxygens (including phenoxy) is 1. The number of likely N-dealkylation sites (tertiary alicyclic amines) is 1. The van der Waals surface area contributed by atoms with Crippen LogP contribution in [0.15, 0.2) is 55.0 Å². The standard InChI is InChI=1S/C23H24ClN5O2/c1-31-22-5-4-17(24)13-19(22)20-6-10-26-23(28-20)27-18-7-11-29(12-8-18)21(15-30)16-3-2-9-25-14-16/h2-6,9-10,13-15,18,21H,7-8,11-12H2,1H3,(H,26,27,28). The molecule has 8 heteroatoms. The molecule has 0 bridgehead atoms. The summed E-state index contributed by atoms with van der Waals surface area (Å²) in [6.45, 7) is 1.61. The summed E-state index contributed by atoms with van der Waals surface area (Å²) in [5.74, 6) is 1.27. The van der Waals surface area contributed by atoms with E-state index in [1.54, 1.807) is 31.8 Å². The molecule has 1 aliphatic heterocycles. The maximum Gasteiger partial charge on any atom is 0.223 e. The first-order chi connectivity index (χ1) is 15.2. The number of methoxy groups -OCH3 is 1. The number of pyridine rings is 1. The molecule has 0 amide bonds. The van der Waals surface area contributed by atoms with Crippen LogP contribution in [0.5, 0.6) is 5.75 Å². The normalized spacial score (nSPS) is 15.9. The van der Waals surface area contributed by atoms with Gasteiger partial charge in [-0.05, 0) is 48.7 Å². The van der Waals surface area contributed by atoms with E-state index in [0.29, 0.717) is 16.7 Å². The Bertz CT molecular complexity index is 1030. The van der Waals surface area contributed by atoms with Crippen molar-refractivity contribution in [3.8, 4) is 17.0 Å². The zero-order valence-corrected chi connectivity index (χ0v) is 18.0. The van der Waals surface area contributed by atoms with Crippen LogP contribution in [0.3, 0.4) is 0 Å². The molecule has 1 unspecified atom stereocenters. The topological polar surface area (TPSA) is 80.2 Å². The van der Waals surface area contributed by atoms with Gasteiger partial charge in [-0.3, -0.25) is 9.88 Å². The maximum atomic E-state index is 11.7. The molecule has 31 heavy (non-hydrogen) atoms. The van der Waals surface area contributed by atoms with E-state index < -0.39 is 0 Å². The third kappa shape index (κ3) is 5.00. The number of hydrogen-bond acceptors (Lipinski definition) is 7. The molecular weight excluding hydrogens is 414 g/mol. The molecule has 3 aromatic rings. The third-order valence-corrected chi connectivity index (χ3v) is 5.74. The Morgan fingerprint density at radius 2 is 2.06 bits per heavy atom. The van der Waals surface area contributed by atoms with E-state index in [1.165, 1.54) is 0 Å². The van der Waals surface area contributed by atoms with Gasteiger partial charge in [0.2, 0.25) is 5.95 Å². The van der Waals surface area contributed by atoms with E-state index in [2.05, 4.69) is 25.2 Å². The second-order valence-electron chi connectivity index (χ2n) is 7.43. The average Bonchev–Trinajstić information content (AvgIpc) is 2.81. The fourth-order valence-corrected chi connectivity index (χ4v) is 4.06. The molecule has 2 aromatic heterocycles. The smallest absolute Gasteiger partial charge is 0.223 e. The van der Waals surface area contributed by atoms with Crippen molar-refractivity contribution in [3.05, 3.63) is 65.6 Å². The predicted octanol–water partition coefficient (Wildman–Crippen LogP) is 4.02. The van der Waals surface area contributed by atoms with Gasteiger partial charge in [0.15, 0.2) is 0 Å². The van der Waals surface area contributed by atoms with E-state index in [0.717, 1.165) is 49.0 Å². The van der Waals surface area contributed by atoms with E-state index in [4.69, 9.17) is 16.3 Å². The van der Waals surface area contributed by atoms with Gasteiger partial charge in [-0.15, -0.1) is 0 Å². The first-order valence-electron chi connectivity index (χ1n) is 10.2. The lowest BCUT2D eigenvalue weighted by molar-refractivity contribution is -0.113. The number of anilines is 1. The highest BCUT2D eigenvalue weighted by Gasteiger charge is 2.26. The number of aldehydes is 1. The van der Waals surface area contributed by atoms with Gasteiger partial charge < -0.3 is 14.8 Å². The van der Waals surface area contributed by atoms with Crippen molar-refractivity contribution in [1.29, 1.82) is 0 Å². The number of rotatable bonds is 7. The van der Waals surface area contributed by atoms with Crippen molar-refractivity contribution < 1.29 is 9.53 Å². The molecule has 0 saturated carbocycles. The molecule has 1 saturated heterocycles. The highest BCUT2D eigenvalue weighted by molar-refractivity contribution is 6.30. The van der Waals surface area contributed by atoms with Gasteiger partial charge in [-0.25, -0.2) is 9.97 Å². The van der Waals surface area contributed by atoms with Crippen molar-refractivity contribution in [2.24, 2.45) is 0 Å². The summed E-state index contributed by atoms with van der Waals surface area (Å²) in [5, 5.41) is 4.06. The Morgan fingerprint density at radius 3 is 2.77 bits per heavy atom. The molecule has 0 aliphatic carbocycles. The van der Waals surface area contributed by atoms with Crippen molar-refractivity contribution in [3.63, 3.8) is 0 Å². The summed E-state index contributed by atoms with van der Waals surface area (Å²) in [6.07, 6.45) is 7.97. The van der Waals surface area contributed by atoms with Crippen LogP contribution in [-0.4, -0.2) is 52.4 Å². The summed E-state index contributed by atoms with van der Waals surface area (Å²) in [7, 11) is 1.62. The molecule has 160 valence electrons. The summed E-state index contributed by atoms with van der Waals surface area (Å²) in [5.41, 5.74) is 2.49. The van der Waals surface area contributed by atoms with Crippen molar-refractivity contribution in [1.82, 2.24) is 19.9 Å². The minimum atomic E-state index is -0.260. The second-order valence-corrected chi connectivity index (χ2v) is 7.87. The van der Waals surface area contributed by atoms with Crippen molar-refractivity contribution in [2.45, 2.75) is 24.9 Å². The maximum absolute atomic E-state index is 11.7. The molecule has 1 atom stereocenters. The molecule has 4 rings (SSSR count). The zero-order chi connectivity index (χ0) is 21.6. The lowest BCUT2D eigenvalue weighted by atomic mass is 10.0. The van der Waals surface area contributed by atoms with E-state index >= 15 is 0 Å². The summed E-state index contributed by atoms with van der Waals surface area (Å²) in [6, 6.07) is 11.1. The van der Waals surface area contributed by atoms with Crippen LogP contribution in [0.4, 0.5) is 5.95 Å². The van der Waals surface area contributed by atoms with Crippen LogP contribution in [0.2, 0.25) is 5.02 Å². The molecular formula is C23H24ClN5O2. The molecule has 7 nitrogen and oxygen atoms in total. The third-order valence-electron chi connectivity index (χ3n) is 5.50. The highest BCUT2D eigenvalue weighted by atomic mass is 35.5. The molecule has 0 radical (unpaired) electrons. The molecule has 1 aliphatic rings. The Balaban J connectivity index is 1.42. The van der Waals surface area contributed by atoms with E-state index in [1.807, 2.05) is 30.3 Å². The minimum Gasteiger partial charge on any atom is -0.496 e. The van der Waals surface area contributed by atoms with Gasteiger partial charge >= 0.3 is 0 Å². The van der Waals surface area contributed by atoms with Gasteiger partial charge in [0, 0.05) is 48.3 Å². The number of carbonyl (C=O) groups excluding carboxylic acids is 1. The molecule has 1 fully saturated rings. The Morgan fingerprint density at radius 1 is 1.23 bits per heavy atom. The van der Waals surface area contributed by atoms with Gasteiger partial charge in [0.1, 0.15) is 12.0 Å². The van der Waals surface area contributed by atoms with Crippen LogP contribution >= 0.6 is 11.6 Å². The molecule has 3 heterocycles. The van der Waals surface area contributed by atoms with Gasteiger partial charge in [0.05, 0.1) is 18.8 Å². The molecule has 0 spiro atoms. The monoisotopic (exact) mass is 437 g/mol. The fourth-order valence-electron chi connectivity index (χ4n) is 3.89. The Kier molecular flexibility index (Phi) is 6.74. The lowest BCUT2D eigenvalue weighted by Gasteiger charge is -2.35. The number of carbonyl (C=O) groups is 1. The molecule has 1 N–H and O–H groups in total. The van der Waals surface area contributed by atoms with Crippen molar-refractivity contribution >= 4 is 23.8 Å². The number of hydrogen-bond donors (Lipinski definition) is 1. The number of benzene rings is 1. The van der Waals surface area contributed by atoms with E-state index in [9.17, 15) is 4.79 Å². The Labute approximate surface area is 186 Å². The number of piperidine rings is 1. The first kappa shape index (κ1) is 21.2. The lowest BCUT2D eigenvalue weighted by Crippen LogP contribution is -2.41. The quantitative estimate of drug-likeness (QED) is 0.559. The predicted molar refractivity (Wildman–Crippen MR) is 120 cm³/mol. The van der Waals surface area contributed by atoms with Gasteiger partial charge in [-0.1, -0.05) is 17.7 Å². The largest absolute Gasteiger partial charge is 0.496 e. The number of aromatic nitrogens is 3. The van der Waals surface area contributed by atoms with Crippen LogP contribution in [0, 0.1) is 0 Å². The van der Waals surface area contributed by atoms with Crippen LogP contribution < -0.4 is 10.1 Å². The van der Waals surface area contributed by atoms with Crippen LogP contribution in [0.1, 0.15) is 24.4 Å². The SMILES string of the molecule is COc1ccc(Cl)cc1-c1ccnc(NC2CCN(C(C=O)c3cccnc3)CC2)n1. The fraction of sp³-hybridized carbons (Fsp3) is 0.304. The van der Waals surface area contributed by atoms with Gasteiger partial charge in [0.25, 0.3) is 0 Å². The minimum absolute atomic E-state index is 0.231. The summed E-state index contributed by atoms with van der Waals surface area (Å²) in [4.78, 5) is 27.1. The summed E-state index contributed by atoms with van der Waals surface area (Å²) < 4.78 is 5.45. The molecule has 1 aromatic carbocycles. The summed E-state index contributed by atoms with van der Waals surface area (Å²) >= 11 is 6.17. The van der Waals surface area contributed by atoms with Gasteiger partial charge in [-0.2, -0.15) is 0 Å². The number of halogens is 1. The van der Waals surface area contributed by atoms with Crippen molar-refractivity contribution in [2.75, 3.05) is 25.5 Å². The van der Waals surface area contributed by atoms with Crippen LogP contribution in [-0.2, 0) is 4.79 Å². The number of nitrogens with zero attached hydrogens (tertiary/aromatic N) is 4. The highest BCUT2D eigenvalue weighted by Crippen LogP contribution is 2.32. The number of nitrogens with one attached hydrogen (secondary N) is 1. The van der Waals surface area contributed by atoms with Crippen LogP contribution in [0.25, 0.3) is 11.3 Å². The Hall–Kier alpha value is -3.03.